The van der Waals surface area contributed by atoms with Gasteiger partial charge in [0, 0.05) is 0 Å². The minimum absolute atomic E-state index is 0.950. The van der Waals surface area contributed by atoms with Crippen molar-refractivity contribution in [3.05, 3.63) is 0 Å². The zero-order valence-corrected chi connectivity index (χ0v) is 10.0. The smallest absolute Gasteiger partial charge is 0.450 e. The molecule has 0 aliphatic rings. The molecule has 13 nitrogen and oxygen atoms in total. The average Bonchev–Trinajstić information content (AvgIpc) is 2.31. The molecular weight excluding hydrogens is 304 g/mol. The Labute approximate surface area is 115 Å². The second-order valence-corrected chi connectivity index (χ2v) is 2.92. The molecule has 0 radical (unpaired) electrons. The second-order valence-electron chi connectivity index (χ2n) is 2.92. The number of rotatable bonds is 8. The van der Waals surface area contributed by atoms with E-state index in [1.807, 2.05) is 0 Å². The molecule has 0 aliphatic carbocycles. The van der Waals surface area contributed by atoms with Crippen LogP contribution in [0.4, 0.5) is 19.2 Å². The summed E-state index contributed by atoms with van der Waals surface area (Å²) >= 11 is 0. The normalized spacial score (nSPS) is 12.6. The molecule has 4 N–H and O–H groups in total. The number of carbonyl (C=O) groups is 4. The molecule has 0 heterocycles. The third kappa shape index (κ3) is 10.6. The van der Waals surface area contributed by atoms with E-state index in [1.165, 1.54) is 0 Å². The van der Waals surface area contributed by atoms with Crippen molar-refractivity contribution in [2.75, 3.05) is 13.2 Å². The Hall–Kier alpha value is -2.96. The SMILES string of the molecule is O=C(O)OCC(OC(=O)O)OC(COC(=O)O)OC(=O)O. The van der Waals surface area contributed by atoms with E-state index >= 15 is 0 Å². The van der Waals surface area contributed by atoms with Gasteiger partial charge in [-0.3, -0.25) is 4.74 Å². The number of ether oxygens (including phenoxy) is 5. The summed E-state index contributed by atoms with van der Waals surface area (Å²) in [6.45, 7) is -1.90. The molecule has 0 saturated carbocycles. The molecule has 0 spiro atoms. The van der Waals surface area contributed by atoms with E-state index in [2.05, 4.69) is 23.7 Å². The molecule has 21 heavy (non-hydrogen) atoms. The lowest BCUT2D eigenvalue weighted by atomic mass is 10.6. The second kappa shape index (κ2) is 9.03. The van der Waals surface area contributed by atoms with Crippen molar-refractivity contribution < 1.29 is 63.3 Å². The van der Waals surface area contributed by atoms with Gasteiger partial charge in [0.2, 0.25) is 12.6 Å². The Morgan fingerprint density at radius 3 is 1.24 bits per heavy atom. The number of hydrogen-bond acceptors (Lipinski definition) is 9. The Bertz CT molecular complexity index is 354. The Morgan fingerprint density at radius 1 is 0.667 bits per heavy atom. The molecule has 0 aromatic carbocycles. The average molecular weight is 314 g/mol. The highest BCUT2D eigenvalue weighted by Crippen LogP contribution is 2.06. The van der Waals surface area contributed by atoms with E-state index < -0.39 is 50.4 Å². The Morgan fingerprint density at radius 2 is 1.00 bits per heavy atom. The summed E-state index contributed by atoms with van der Waals surface area (Å²) < 4.78 is 20.6. The van der Waals surface area contributed by atoms with E-state index in [0.29, 0.717) is 0 Å². The molecule has 0 saturated heterocycles. The van der Waals surface area contributed by atoms with Crippen LogP contribution < -0.4 is 0 Å². The van der Waals surface area contributed by atoms with Gasteiger partial charge in [-0.25, -0.2) is 19.2 Å². The Kier molecular flexibility index (Phi) is 7.75. The molecule has 2 unspecified atom stereocenters. The predicted octanol–water partition coefficient (Wildman–Crippen LogP) is 0.434. The third-order valence-corrected chi connectivity index (χ3v) is 1.45. The van der Waals surface area contributed by atoms with Crippen molar-refractivity contribution in [3.63, 3.8) is 0 Å². The molecule has 0 aromatic heterocycles. The first-order valence-corrected chi connectivity index (χ1v) is 4.86. The van der Waals surface area contributed by atoms with E-state index in [9.17, 15) is 19.2 Å². The highest BCUT2D eigenvalue weighted by molar-refractivity contribution is 5.58. The monoisotopic (exact) mass is 314 g/mol. The molecule has 0 bridgehead atoms. The van der Waals surface area contributed by atoms with E-state index in [4.69, 9.17) is 20.4 Å². The van der Waals surface area contributed by atoms with E-state index in [0.717, 1.165) is 0 Å². The summed E-state index contributed by atoms with van der Waals surface area (Å²) in [6.07, 6.45) is -11.1. The van der Waals surface area contributed by atoms with Crippen LogP contribution in [-0.4, -0.2) is 70.8 Å². The first kappa shape index (κ1) is 18.0. The molecule has 0 fully saturated rings. The number of hydrogen-bond donors (Lipinski definition) is 4. The van der Waals surface area contributed by atoms with Crippen molar-refractivity contribution in [3.8, 4) is 0 Å². The van der Waals surface area contributed by atoms with Crippen LogP contribution >= 0.6 is 0 Å². The molecule has 2 atom stereocenters. The van der Waals surface area contributed by atoms with Crippen LogP contribution in [0.15, 0.2) is 0 Å². The highest BCUT2D eigenvalue weighted by atomic mass is 16.8. The molecule has 0 aliphatic heterocycles. The predicted molar refractivity (Wildman–Crippen MR) is 54.8 cm³/mol. The van der Waals surface area contributed by atoms with Gasteiger partial charge < -0.3 is 39.4 Å². The van der Waals surface area contributed by atoms with Crippen molar-refractivity contribution in [2.45, 2.75) is 12.6 Å². The summed E-state index contributed by atoms with van der Waals surface area (Å²) in [6, 6.07) is 0. The van der Waals surface area contributed by atoms with Crippen LogP contribution in [-0.2, 0) is 23.7 Å². The minimum atomic E-state index is -1.90. The van der Waals surface area contributed by atoms with Crippen molar-refractivity contribution in [2.24, 2.45) is 0 Å². The van der Waals surface area contributed by atoms with Gasteiger partial charge in [0.05, 0.1) is 0 Å². The summed E-state index contributed by atoms with van der Waals surface area (Å²) in [7, 11) is 0. The van der Waals surface area contributed by atoms with Crippen LogP contribution in [0.25, 0.3) is 0 Å². The summed E-state index contributed by atoms with van der Waals surface area (Å²) in [5.74, 6) is 0. The Balaban J connectivity index is 4.65. The summed E-state index contributed by atoms with van der Waals surface area (Å²) in [5, 5.41) is 33.2. The lowest BCUT2D eigenvalue weighted by molar-refractivity contribution is -0.237. The molecule has 0 rings (SSSR count). The van der Waals surface area contributed by atoms with Gasteiger partial charge >= 0.3 is 24.6 Å². The van der Waals surface area contributed by atoms with Crippen LogP contribution in [0, 0.1) is 0 Å². The van der Waals surface area contributed by atoms with E-state index in [1.54, 1.807) is 0 Å². The molecule has 0 amide bonds. The maximum absolute atomic E-state index is 10.3. The van der Waals surface area contributed by atoms with Gasteiger partial charge in [0.25, 0.3) is 0 Å². The maximum Gasteiger partial charge on any atom is 0.508 e. The topological polar surface area (TPSA) is 195 Å². The van der Waals surface area contributed by atoms with E-state index in [-0.39, 0.29) is 0 Å². The zero-order chi connectivity index (χ0) is 16.4. The lowest BCUT2D eigenvalue weighted by Gasteiger charge is -2.21. The van der Waals surface area contributed by atoms with Gasteiger partial charge in [-0.2, -0.15) is 0 Å². The van der Waals surface area contributed by atoms with Crippen molar-refractivity contribution in [1.29, 1.82) is 0 Å². The molecular formula is C8H10O13. The maximum atomic E-state index is 10.3. The summed E-state index contributed by atoms with van der Waals surface area (Å²) in [5.41, 5.74) is 0. The van der Waals surface area contributed by atoms with Gasteiger partial charge in [0.1, 0.15) is 0 Å². The van der Waals surface area contributed by atoms with Gasteiger partial charge in [-0.05, 0) is 0 Å². The van der Waals surface area contributed by atoms with Crippen LogP contribution in [0.3, 0.4) is 0 Å². The fraction of sp³-hybridized carbons (Fsp3) is 0.500. The summed E-state index contributed by atoms with van der Waals surface area (Å²) in [4.78, 5) is 41.0. The number of carboxylic acid groups (broad SMARTS) is 4. The van der Waals surface area contributed by atoms with Gasteiger partial charge in [-0.15, -0.1) is 0 Å². The molecule has 0 aromatic rings. The fourth-order valence-corrected chi connectivity index (χ4v) is 0.875. The third-order valence-electron chi connectivity index (χ3n) is 1.45. The van der Waals surface area contributed by atoms with Crippen molar-refractivity contribution in [1.82, 2.24) is 0 Å². The zero-order valence-electron chi connectivity index (χ0n) is 10.0. The lowest BCUT2D eigenvalue weighted by Crippen LogP contribution is -2.36. The van der Waals surface area contributed by atoms with Crippen LogP contribution in [0.5, 0.6) is 0 Å². The van der Waals surface area contributed by atoms with Crippen LogP contribution in [0.1, 0.15) is 0 Å². The van der Waals surface area contributed by atoms with Crippen molar-refractivity contribution >= 4 is 24.6 Å². The molecule has 120 valence electrons. The fourth-order valence-electron chi connectivity index (χ4n) is 0.875. The van der Waals surface area contributed by atoms with Crippen LogP contribution in [0.2, 0.25) is 0 Å². The molecule has 13 heteroatoms. The quantitative estimate of drug-likeness (QED) is 0.273. The highest BCUT2D eigenvalue weighted by Gasteiger charge is 2.26. The largest absolute Gasteiger partial charge is 0.508 e. The first-order chi connectivity index (χ1) is 9.70. The first-order valence-electron chi connectivity index (χ1n) is 4.86. The van der Waals surface area contributed by atoms with Gasteiger partial charge in [0.15, 0.2) is 13.2 Å². The standard InChI is InChI=1S/C8H10O13/c9-5(10)17-1-3(20-7(13)14)19-4(21-8(15)16)2-18-6(11)12/h3-4H,1-2H2,(H,9,10)(H,11,12)(H,13,14)(H,15,16). The van der Waals surface area contributed by atoms with Gasteiger partial charge in [-0.1, -0.05) is 0 Å². The minimum Gasteiger partial charge on any atom is -0.450 e.